The van der Waals surface area contributed by atoms with Crippen LogP contribution in [0.15, 0.2) is 24.5 Å². The van der Waals surface area contributed by atoms with Crippen LogP contribution in [0.3, 0.4) is 0 Å². The van der Waals surface area contributed by atoms with Gasteiger partial charge in [-0.3, -0.25) is 4.98 Å². The van der Waals surface area contributed by atoms with Gasteiger partial charge in [0.05, 0.1) is 7.11 Å². The van der Waals surface area contributed by atoms with Crippen molar-refractivity contribution in [2.75, 3.05) is 20.2 Å². The van der Waals surface area contributed by atoms with Gasteiger partial charge in [0.2, 0.25) is 0 Å². The molecule has 20 heavy (non-hydrogen) atoms. The van der Waals surface area contributed by atoms with E-state index in [1.54, 1.807) is 24.5 Å². The van der Waals surface area contributed by atoms with E-state index in [1.807, 2.05) is 4.72 Å². The molecule has 0 aliphatic rings. The van der Waals surface area contributed by atoms with E-state index >= 15 is 0 Å². The Labute approximate surface area is 118 Å². The van der Waals surface area contributed by atoms with E-state index in [2.05, 4.69) is 9.72 Å². The first-order valence-corrected chi connectivity index (χ1v) is 7.38. The topological polar surface area (TPSA) is 115 Å². The highest BCUT2D eigenvalue weighted by Crippen LogP contribution is 2.08. The number of pyridine rings is 1. The van der Waals surface area contributed by atoms with Crippen molar-refractivity contribution in [1.29, 1.82) is 0 Å². The summed E-state index contributed by atoms with van der Waals surface area (Å²) >= 11 is 0. The molecule has 0 bridgehead atoms. The molecule has 1 amide bonds. The Kier molecular flexibility index (Phi) is 6.36. The molecular weight excluding hydrogens is 284 g/mol. The lowest BCUT2D eigenvalue weighted by Crippen LogP contribution is -2.43. The third kappa shape index (κ3) is 5.11. The Morgan fingerprint density at radius 2 is 2.30 bits per heavy atom. The predicted molar refractivity (Wildman–Crippen MR) is 72.8 cm³/mol. The van der Waals surface area contributed by atoms with Gasteiger partial charge >= 0.3 is 16.3 Å². The first kappa shape index (κ1) is 16.3. The maximum atomic E-state index is 12.1. The molecule has 0 radical (unpaired) electrons. The molecule has 1 aromatic rings. The highest BCUT2D eigenvalue weighted by molar-refractivity contribution is 7.87. The minimum absolute atomic E-state index is 0.0974. The average molecular weight is 302 g/mol. The van der Waals surface area contributed by atoms with Gasteiger partial charge in [0, 0.05) is 25.5 Å². The van der Waals surface area contributed by atoms with Gasteiger partial charge in [-0.05, 0) is 24.6 Å². The first-order chi connectivity index (χ1) is 9.49. The molecule has 112 valence electrons. The van der Waals surface area contributed by atoms with Crippen LogP contribution >= 0.6 is 0 Å². The second kappa shape index (κ2) is 7.78. The summed E-state index contributed by atoms with van der Waals surface area (Å²) in [5.41, 5.74) is 6.10. The number of aromatic nitrogens is 1. The van der Waals surface area contributed by atoms with Gasteiger partial charge in [-0.1, -0.05) is 6.07 Å². The normalized spacial score (nSPS) is 11.3. The highest BCUT2D eigenvalue weighted by atomic mass is 32.2. The van der Waals surface area contributed by atoms with Crippen LogP contribution in [-0.2, 0) is 21.5 Å². The smallest absolute Gasteiger partial charge is 0.421 e. The summed E-state index contributed by atoms with van der Waals surface area (Å²) in [5.74, 6) is 0. The fourth-order valence-electron chi connectivity index (χ4n) is 1.46. The zero-order valence-corrected chi connectivity index (χ0v) is 12.0. The van der Waals surface area contributed by atoms with Crippen LogP contribution in [0.1, 0.15) is 12.0 Å². The van der Waals surface area contributed by atoms with Crippen LogP contribution in [0, 0.1) is 0 Å². The van der Waals surface area contributed by atoms with Crippen LogP contribution in [-0.4, -0.2) is 44.0 Å². The number of nitrogens with one attached hydrogen (secondary N) is 1. The monoisotopic (exact) mass is 302 g/mol. The quantitative estimate of drug-likeness (QED) is 0.723. The van der Waals surface area contributed by atoms with E-state index in [0.29, 0.717) is 18.5 Å². The number of ether oxygens (including phenoxy) is 1. The summed E-state index contributed by atoms with van der Waals surface area (Å²) in [5, 5.41) is 0. The van der Waals surface area contributed by atoms with Gasteiger partial charge in [-0.15, -0.1) is 0 Å². The van der Waals surface area contributed by atoms with E-state index < -0.39 is 16.3 Å². The minimum Gasteiger partial charge on any atom is -0.452 e. The Hall–Kier alpha value is -1.71. The van der Waals surface area contributed by atoms with Crippen LogP contribution in [0.2, 0.25) is 0 Å². The van der Waals surface area contributed by atoms with Gasteiger partial charge in [0.1, 0.15) is 0 Å². The summed E-state index contributed by atoms with van der Waals surface area (Å²) in [4.78, 5) is 15.0. The van der Waals surface area contributed by atoms with Gasteiger partial charge in [0.25, 0.3) is 0 Å². The molecule has 0 saturated heterocycles. The van der Waals surface area contributed by atoms with Crippen LogP contribution in [0.4, 0.5) is 4.79 Å². The Morgan fingerprint density at radius 3 is 2.85 bits per heavy atom. The second-order valence-corrected chi connectivity index (χ2v) is 5.61. The van der Waals surface area contributed by atoms with E-state index in [1.165, 1.54) is 0 Å². The summed E-state index contributed by atoms with van der Waals surface area (Å²) in [6.07, 6.45) is 2.59. The molecule has 3 N–H and O–H groups in total. The lowest BCUT2D eigenvalue weighted by molar-refractivity contribution is 0.177. The number of nitrogens with two attached hydrogens (primary N) is 1. The van der Waals surface area contributed by atoms with Crippen molar-refractivity contribution in [3.63, 3.8) is 0 Å². The molecule has 8 nitrogen and oxygen atoms in total. The van der Waals surface area contributed by atoms with Crippen molar-refractivity contribution in [2.45, 2.75) is 13.0 Å². The van der Waals surface area contributed by atoms with E-state index in [4.69, 9.17) is 5.73 Å². The molecule has 0 fully saturated rings. The Morgan fingerprint density at radius 1 is 1.55 bits per heavy atom. The van der Waals surface area contributed by atoms with Crippen molar-refractivity contribution >= 4 is 16.3 Å². The molecule has 0 atom stereocenters. The largest absolute Gasteiger partial charge is 0.452 e. The van der Waals surface area contributed by atoms with Gasteiger partial charge in [0.15, 0.2) is 0 Å². The summed E-state index contributed by atoms with van der Waals surface area (Å²) in [6.45, 7) is 0.634. The number of nitrogens with zero attached hydrogens (tertiary/aromatic N) is 2. The molecule has 0 aliphatic carbocycles. The fourth-order valence-corrected chi connectivity index (χ4v) is 2.57. The molecule has 9 heteroatoms. The third-order valence-electron chi connectivity index (χ3n) is 2.43. The number of carbonyl (C=O) groups excluding carboxylic acids is 1. The number of amides is 1. The van der Waals surface area contributed by atoms with Crippen molar-refractivity contribution in [3.05, 3.63) is 30.1 Å². The first-order valence-electron chi connectivity index (χ1n) is 5.94. The third-order valence-corrected chi connectivity index (χ3v) is 3.85. The van der Waals surface area contributed by atoms with Crippen molar-refractivity contribution in [1.82, 2.24) is 14.0 Å². The van der Waals surface area contributed by atoms with Crippen LogP contribution < -0.4 is 10.5 Å². The standard InChI is InChI=1S/C11H18N4O4S/c1-19-11(16)14-20(17,18)15(7-3-5-12)9-10-4-2-6-13-8-10/h2,4,6,8H,3,5,7,9,12H2,1H3,(H,14,16). The number of methoxy groups -OCH3 is 1. The number of hydrogen-bond acceptors (Lipinski definition) is 6. The predicted octanol–water partition coefficient (Wildman–Crippen LogP) is -0.167. The Bertz CT molecular complexity index is 520. The van der Waals surface area contributed by atoms with Crippen molar-refractivity contribution < 1.29 is 17.9 Å². The Balaban J connectivity index is 2.85. The maximum absolute atomic E-state index is 12.1. The lowest BCUT2D eigenvalue weighted by Gasteiger charge is -2.21. The molecule has 1 rings (SSSR count). The fraction of sp³-hybridized carbons (Fsp3) is 0.455. The molecule has 0 spiro atoms. The SMILES string of the molecule is COC(=O)NS(=O)(=O)N(CCCN)Cc1cccnc1. The average Bonchev–Trinajstić information content (AvgIpc) is 2.43. The summed E-state index contributed by atoms with van der Waals surface area (Å²) in [6, 6.07) is 3.45. The van der Waals surface area contributed by atoms with E-state index in [0.717, 1.165) is 11.4 Å². The van der Waals surface area contributed by atoms with Crippen molar-refractivity contribution in [3.8, 4) is 0 Å². The van der Waals surface area contributed by atoms with Crippen LogP contribution in [0.5, 0.6) is 0 Å². The van der Waals surface area contributed by atoms with E-state index in [-0.39, 0.29) is 13.1 Å². The van der Waals surface area contributed by atoms with Gasteiger partial charge < -0.3 is 10.5 Å². The summed E-state index contributed by atoms with van der Waals surface area (Å²) in [7, 11) is -2.89. The number of carbonyl (C=O) groups is 1. The zero-order chi connectivity index (χ0) is 15.0. The minimum atomic E-state index is -3.98. The van der Waals surface area contributed by atoms with Gasteiger partial charge in [-0.25, -0.2) is 9.52 Å². The molecule has 0 unspecified atom stereocenters. The molecule has 1 aromatic heterocycles. The number of rotatable bonds is 7. The highest BCUT2D eigenvalue weighted by Gasteiger charge is 2.24. The molecular formula is C11H18N4O4S. The summed E-state index contributed by atoms with van der Waals surface area (Å²) < 4.78 is 31.4. The van der Waals surface area contributed by atoms with E-state index in [9.17, 15) is 13.2 Å². The molecule has 1 heterocycles. The van der Waals surface area contributed by atoms with Crippen LogP contribution in [0.25, 0.3) is 0 Å². The van der Waals surface area contributed by atoms with Gasteiger partial charge in [-0.2, -0.15) is 12.7 Å². The maximum Gasteiger partial charge on any atom is 0.421 e. The second-order valence-electron chi connectivity index (χ2n) is 3.94. The molecule has 0 saturated carbocycles. The lowest BCUT2D eigenvalue weighted by atomic mass is 10.3. The zero-order valence-electron chi connectivity index (χ0n) is 11.2. The molecule has 0 aromatic carbocycles. The molecule has 0 aliphatic heterocycles. The van der Waals surface area contributed by atoms with Crippen molar-refractivity contribution in [2.24, 2.45) is 5.73 Å². The number of hydrogen-bond donors (Lipinski definition) is 2.